The van der Waals surface area contributed by atoms with Gasteiger partial charge in [-0.2, -0.15) is 0 Å². The summed E-state index contributed by atoms with van der Waals surface area (Å²) in [6, 6.07) is 8.97. The highest BCUT2D eigenvalue weighted by molar-refractivity contribution is 9.10. The van der Waals surface area contributed by atoms with Crippen molar-refractivity contribution in [3.63, 3.8) is 0 Å². The fraction of sp³-hybridized carbons (Fsp3) is 0.478. The highest BCUT2D eigenvalue weighted by Gasteiger charge is 2.22. The summed E-state index contributed by atoms with van der Waals surface area (Å²) < 4.78 is 25.9. The highest BCUT2D eigenvalue weighted by atomic mass is 79.9. The van der Waals surface area contributed by atoms with Gasteiger partial charge >= 0.3 is 0 Å². The molecule has 0 bridgehead atoms. The van der Waals surface area contributed by atoms with Crippen molar-refractivity contribution in [1.82, 2.24) is 10.2 Å². The van der Waals surface area contributed by atoms with E-state index in [4.69, 9.17) is 21.1 Å². The molecule has 1 aliphatic heterocycles. The van der Waals surface area contributed by atoms with Crippen molar-refractivity contribution in [3.05, 3.63) is 56.8 Å². The summed E-state index contributed by atoms with van der Waals surface area (Å²) in [5, 5.41) is 3.93. The van der Waals surface area contributed by atoms with Crippen molar-refractivity contribution in [1.29, 1.82) is 0 Å². The molecular weight excluding hydrogens is 471 g/mol. The molecule has 1 atom stereocenters. The Bertz CT molecular complexity index is 852. The molecule has 1 heterocycles. The molecule has 0 radical (unpaired) electrons. The second kappa shape index (κ2) is 11.3. The van der Waals surface area contributed by atoms with Crippen molar-refractivity contribution >= 4 is 27.5 Å². The quantitative estimate of drug-likeness (QED) is 0.448. The molecule has 164 valence electrons. The molecule has 7 heteroatoms. The third-order valence-corrected chi connectivity index (χ3v) is 6.31. The lowest BCUT2D eigenvalue weighted by atomic mass is 10.1. The molecule has 4 nitrogen and oxygen atoms in total. The number of rotatable bonds is 10. The average molecular weight is 500 g/mol. The molecule has 0 spiro atoms. The molecule has 2 aromatic carbocycles. The first kappa shape index (κ1) is 23.3. The van der Waals surface area contributed by atoms with Crippen LogP contribution in [-0.2, 0) is 13.2 Å². The maximum absolute atomic E-state index is 13.3. The molecular formula is C23H29BrClFN2O2. The number of benzene rings is 2. The molecule has 1 saturated heterocycles. The van der Waals surface area contributed by atoms with Crippen LogP contribution >= 0.6 is 27.5 Å². The molecule has 0 aliphatic carbocycles. The normalized spacial score (nSPS) is 16.8. The van der Waals surface area contributed by atoms with Crippen LogP contribution in [0.25, 0.3) is 0 Å². The lowest BCUT2D eigenvalue weighted by Crippen LogP contribution is -2.37. The molecule has 1 fully saturated rings. The van der Waals surface area contributed by atoms with E-state index in [0.717, 1.165) is 35.2 Å². The first-order valence-electron chi connectivity index (χ1n) is 10.5. The van der Waals surface area contributed by atoms with Crippen molar-refractivity contribution in [2.24, 2.45) is 0 Å². The van der Waals surface area contributed by atoms with Crippen molar-refractivity contribution in [2.45, 2.75) is 45.9 Å². The third-order valence-electron chi connectivity index (χ3n) is 5.37. The predicted octanol–water partition coefficient (Wildman–Crippen LogP) is 5.79. The van der Waals surface area contributed by atoms with Crippen molar-refractivity contribution in [3.8, 4) is 11.5 Å². The van der Waals surface area contributed by atoms with Gasteiger partial charge in [-0.3, -0.25) is 4.90 Å². The van der Waals surface area contributed by atoms with Crippen LogP contribution in [0.2, 0.25) is 5.02 Å². The summed E-state index contributed by atoms with van der Waals surface area (Å²) in [6.45, 7) is 8.98. The Morgan fingerprint density at radius 2 is 2.07 bits per heavy atom. The van der Waals surface area contributed by atoms with E-state index in [1.54, 1.807) is 6.07 Å². The number of ether oxygens (including phenoxy) is 2. The van der Waals surface area contributed by atoms with Crippen molar-refractivity contribution < 1.29 is 13.9 Å². The van der Waals surface area contributed by atoms with Crippen LogP contribution in [0, 0.1) is 5.82 Å². The molecule has 0 aromatic heterocycles. The largest absolute Gasteiger partial charge is 0.490 e. The Balaban J connectivity index is 1.65. The van der Waals surface area contributed by atoms with Crippen LogP contribution in [0.15, 0.2) is 34.8 Å². The minimum Gasteiger partial charge on any atom is -0.490 e. The number of likely N-dealkylation sites (N-methyl/N-ethyl adjacent to an activating group) is 1. The van der Waals surface area contributed by atoms with Gasteiger partial charge in [0.25, 0.3) is 0 Å². The van der Waals surface area contributed by atoms with Gasteiger partial charge in [0.1, 0.15) is 12.4 Å². The van der Waals surface area contributed by atoms with Crippen LogP contribution in [0.3, 0.4) is 0 Å². The van der Waals surface area contributed by atoms with Gasteiger partial charge in [0.2, 0.25) is 0 Å². The zero-order valence-corrected chi connectivity index (χ0v) is 19.9. The molecule has 0 saturated carbocycles. The van der Waals surface area contributed by atoms with E-state index in [2.05, 4.69) is 33.1 Å². The Kier molecular flexibility index (Phi) is 8.81. The fourth-order valence-electron chi connectivity index (χ4n) is 3.84. The third kappa shape index (κ3) is 6.10. The van der Waals surface area contributed by atoms with E-state index in [0.29, 0.717) is 29.2 Å². The summed E-state index contributed by atoms with van der Waals surface area (Å²) >= 11 is 9.74. The first-order valence-corrected chi connectivity index (χ1v) is 11.7. The standard InChI is InChI=1S/C23H29BrClFN2O2/c1-3-28-9-5-6-19(28)14-27-13-16-10-20(24)23(22(11-16)29-4-2)30-15-17-7-8-18(26)12-21(17)25/h7-8,10-12,19,27H,3-6,9,13-15H2,1-2H3. The zero-order valence-electron chi connectivity index (χ0n) is 17.5. The molecule has 1 N–H and O–H groups in total. The number of halogens is 3. The summed E-state index contributed by atoms with van der Waals surface area (Å²) in [7, 11) is 0. The maximum atomic E-state index is 13.3. The minimum absolute atomic E-state index is 0.226. The molecule has 1 aliphatic rings. The van der Waals surface area contributed by atoms with Crippen molar-refractivity contribution in [2.75, 3.05) is 26.2 Å². The van der Waals surface area contributed by atoms with E-state index in [1.807, 2.05) is 19.1 Å². The second-order valence-electron chi connectivity index (χ2n) is 7.42. The van der Waals surface area contributed by atoms with Gasteiger partial charge in [-0.25, -0.2) is 4.39 Å². The average Bonchev–Trinajstić information content (AvgIpc) is 3.16. The Labute approximate surface area is 191 Å². The molecule has 3 rings (SSSR count). The van der Waals surface area contributed by atoms with Gasteiger partial charge in [-0.1, -0.05) is 24.6 Å². The molecule has 30 heavy (non-hydrogen) atoms. The lowest BCUT2D eigenvalue weighted by molar-refractivity contribution is 0.259. The van der Waals surface area contributed by atoms with Crippen LogP contribution in [-0.4, -0.2) is 37.2 Å². The van der Waals surface area contributed by atoms with Gasteiger partial charge in [-0.15, -0.1) is 0 Å². The monoisotopic (exact) mass is 498 g/mol. The second-order valence-corrected chi connectivity index (χ2v) is 8.68. The van der Waals surface area contributed by atoms with Gasteiger partial charge < -0.3 is 14.8 Å². The Morgan fingerprint density at radius 3 is 2.80 bits per heavy atom. The number of hydrogen-bond acceptors (Lipinski definition) is 4. The van der Waals surface area contributed by atoms with Crippen LogP contribution < -0.4 is 14.8 Å². The van der Waals surface area contributed by atoms with E-state index in [1.165, 1.54) is 31.5 Å². The van der Waals surface area contributed by atoms with E-state index in [9.17, 15) is 4.39 Å². The summed E-state index contributed by atoms with van der Waals surface area (Å²) in [5.74, 6) is 0.934. The molecule has 1 unspecified atom stereocenters. The highest BCUT2D eigenvalue weighted by Crippen LogP contribution is 2.38. The van der Waals surface area contributed by atoms with Gasteiger partial charge in [0.15, 0.2) is 11.5 Å². The Hall–Kier alpha value is -1.34. The molecule has 0 amide bonds. The summed E-state index contributed by atoms with van der Waals surface area (Å²) in [4.78, 5) is 2.53. The van der Waals surface area contributed by atoms with Crippen LogP contribution in [0.1, 0.15) is 37.8 Å². The fourth-order valence-corrected chi connectivity index (χ4v) is 4.67. The van der Waals surface area contributed by atoms with E-state index < -0.39 is 0 Å². The Morgan fingerprint density at radius 1 is 1.23 bits per heavy atom. The van der Waals surface area contributed by atoms with Gasteiger partial charge in [0.05, 0.1) is 16.1 Å². The SMILES string of the molecule is CCOc1cc(CNCC2CCCN2CC)cc(Br)c1OCc1ccc(F)cc1Cl. The van der Waals surface area contributed by atoms with Gasteiger partial charge in [0, 0.05) is 24.7 Å². The summed E-state index contributed by atoms with van der Waals surface area (Å²) in [5.41, 5.74) is 1.84. The number of hydrogen-bond donors (Lipinski definition) is 1. The smallest absolute Gasteiger partial charge is 0.175 e. The molecule has 2 aromatic rings. The number of nitrogens with one attached hydrogen (secondary N) is 1. The number of likely N-dealkylation sites (tertiary alicyclic amines) is 1. The predicted molar refractivity (Wildman–Crippen MR) is 123 cm³/mol. The van der Waals surface area contributed by atoms with E-state index in [-0.39, 0.29) is 12.4 Å². The maximum Gasteiger partial charge on any atom is 0.175 e. The number of nitrogens with zero attached hydrogens (tertiary/aromatic N) is 1. The lowest BCUT2D eigenvalue weighted by Gasteiger charge is -2.23. The topological polar surface area (TPSA) is 33.7 Å². The van der Waals surface area contributed by atoms with Crippen LogP contribution in [0.4, 0.5) is 4.39 Å². The van der Waals surface area contributed by atoms with Crippen LogP contribution in [0.5, 0.6) is 11.5 Å². The first-order chi connectivity index (χ1) is 14.5. The zero-order chi connectivity index (χ0) is 21.5. The summed E-state index contributed by atoms with van der Waals surface area (Å²) in [6.07, 6.45) is 2.54. The van der Waals surface area contributed by atoms with Gasteiger partial charge in [-0.05, 0) is 78.6 Å². The minimum atomic E-state index is -0.364. The van der Waals surface area contributed by atoms with E-state index >= 15 is 0 Å².